The maximum absolute atomic E-state index is 10.2. The van der Waals surface area contributed by atoms with Gasteiger partial charge in [-0.15, -0.1) is 0 Å². The SMILES string of the molecule is CCCN(CC(O)C1CCCC1)C(C)C. The van der Waals surface area contributed by atoms with Gasteiger partial charge in [0.25, 0.3) is 0 Å². The van der Waals surface area contributed by atoms with Crippen LogP contribution in [0.2, 0.25) is 0 Å². The van der Waals surface area contributed by atoms with Gasteiger partial charge in [0.1, 0.15) is 0 Å². The first-order chi connectivity index (χ1) is 7.15. The number of nitrogens with zero attached hydrogens (tertiary/aromatic N) is 1. The van der Waals surface area contributed by atoms with Gasteiger partial charge < -0.3 is 5.11 Å². The third kappa shape index (κ3) is 4.12. The lowest BCUT2D eigenvalue weighted by Crippen LogP contribution is -2.40. The molecular formula is C13H27NO. The fraction of sp³-hybridized carbons (Fsp3) is 1.00. The molecule has 1 aliphatic carbocycles. The van der Waals surface area contributed by atoms with Crippen molar-refractivity contribution < 1.29 is 5.11 Å². The second-order valence-corrected chi connectivity index (χ2v) is 5.20. The molecule has 1 aliphatic rings. The average molecular weight is 213 g/mol. The number of aliphatic hydroxyl groups excluding tert-OH is 1. The molecule has 0 saturated heterocycles. The zero-order chi connectivity index (χ0) is 11.3. The Kier molecular flexibility index (Phi) is 5.62. The summed E-state index contributed by atoms with van der Waals surface area (Å²) < 4.78 is 0. The summed E-state index contributed by atoms with van der Waals surface area (Å²) in [4.78, 5) is 2.41. The lowest BCUT2D eigenvalue weighted by molar-refractivity contribution is 0.0541. The van der Waals surface area contributed by atoms with Crippen LogP contribution in [0.5, 0.6) is 0 Å². The van der Waals surface area contributed by atoms with E-state index in [0.717, 1.165) is 13.1 Å². The van der Waals surface area contributed by atoms with Crippen molar-refractivity contribution in [3.63, 3.8) is 0 Å². The monoisotopic (exact) mass is 213 g/mol. The van der Waals surface area contributed by atoms with Gasteiger partial charge in [0.15, 0.2) is 0 Å². The minimum absolute atomic E-state index is 0.0959. The summed E-state index contributed by atoms with van der Waals surface area (Å²) in [6.45, 7) is 8.63. The van der Waals surface area contributed by atoms with Gasteiger partial charge in [0, 0.05) is 12.6 Å². The van der Waals surface area contributed by atoms with Gasteiger partial charge >= 0.3 is 0 Å². The van der Waals surface area contributed by atoms with Gasteiger partial charge in [-0.1, -0.05) is 19.8 Å². The van der Waals surface area contributed by atoms with Crippen molar-refractivity contribution in [2.45, 2.75) is 65.0 Å². The van der Waals surface area contributed by atoms with E-state index in [1.165, 1.54) is 32.1 Å². The lowest BCUT2D eigenvalue weighted by Gasteiger charge is -2.30. The van der Waals surface area contributed by atoms with Crippen molar-refractivity contribution in [1.29, 1.82) is 0 Å². The van der Waals surface area contributed by atoms with Gasteiger partial charge in [-0.2, -0.15) is 0 Å². The zero-order valence-corrected chi connectivity index (χ0v) is 10.6. The van der Waals surface area contributed by atoms with E-state index in [0.29, 0.717) is 12.0 Å². The smallest absolute Gasteiger partial charge is 0.0695 e. The van der Waals surface area contributed by atoms with Gasteiger partial charge in [-0.25, -0.2) is 0 Å². The maximum atomic E-state index is 10.2. The molecule has 0 aromatic carbocycles. The molecule has 1 N–H and O–H groups in total. The second kappa shape index (κ2) is 6.49. The van der Waals surface area contributed by atoms with Crippen LogP contribution in [-0.4, -0.2) is 35.2 Å². The fourth-order valence-corrected chi connectivity index (χ4v) is 2.58. The molecule has 0 bridgehead atoms. The van der Waals surface area contributed by atoms with Crippen LogP contribution in [0.4, 0.5) is 0 Å². The second-order valence-electron chi connectivity index (χ2n) is 5.20. The quantitative estimate of drug-likeness (QED) is 0.733. The lowest BCUT2D eigenvalue weighted by atomic mass is 10.00. The molecule has 1 fully saturated rings. The van der Waals surface area contributed by atoms with E-state index >= 15 is 0 Å². The molecule has 2 nitrogen and oxygen atoms in total. The van der Waals surface area contributed by atoms with E-state index < -0.39 is 0 Å². The first-order valence-corrected chi connectivity index (χ1v) is 6.57. The molecule has 1 rings (SSSR count). The zero-order valence-electron chi connectivity index (χ0n) is 10.6. The maximum Gasteiger partial charge on any atom is 0.0695 e. The molecule has 2 heteroatoms. The van der Waals surface area contributed by atoms with Crippen LogP contribution in [0, 0.1) is 5.92 Å². The highest BCUT2D eigenvalue weighted by molar-refractivity contribution is 4.78. The summed E-state index contributed by atoms with van der Waals surface area (Å²) in [6.07, 6.45) is 6.18. The fourth-order valence-electron chi connectivity index (χ4n) is 2.58. The van der Waals surface area contributed by atoms with Crippen molar-refractivity contribution in [3.05, 3.63) is 0 Å². The molecule has 15 heavy (non-hydrogen) atoms. The van der Waals surface area contributed by atoms with Crippen molar-refractivity contribution in [3.8, 4) is 0 Å². The highest BCUT2D eigenvalue weighted by Crippen LogP contribution is 2.28. The van der Waals surface area contributed by atoms with Crippen LogP contribution in [0.15, 0.2) is 0 Å². The number of hydrogen-bond donors (Lipinski definition) is 1. The minimum atomic E-state index is -0.0959. The Balaban J connectivity index is 2.35. The molecule has 1 saturated carbocycles. The number of hydrogen-bond acceptors (Lipinski definition) is 2. The first kappa shape index (κ1) is 13.0. The third-order valence-electron chi connectivity index (χ3n) is 3.61. The predicted molar refractivity (Wildman–Crippen MR) is 65.0 cm³/mol. The van der Waals surface area contributed by atoms with Crippen LogP contribution in [0.3, 0.4) is 0 Å². The van der Waals surface area contributed by atoms with Crippen molar-refractivity contribution in [2.75, 3.05) is 13.1 Å². The number of rotatable bonds is 6. The Hall–Kier alpha value is -0.0800. The normalized spacial score (nSPS) is 20.4. The molecule has 0 amide bonds. The molecule has 0 spiro atoms. The van der Waals surface area contributed by atoms with Gasteiger partial charge in [-0.05, 0) is 45.6 Å². The molecule has 0 aromatic heterocycles. The molecule has 1 unspecified atom stereocenters. The van der Waals surface area contributed by atoms with Crippen molar-refractivity contribution in [2.24, 2.45) is 5.92 Å². The van der Waals surface area contributed by atoms with Crippen LogP contribution >= 0.6 is 0 Å². The largest absolute Gasteiger partial charge is 0.392 e. The van der Waals surface area contributed by atoms with Crippen molar-refractivity contribution in [1.82, 2.24) is 4.90 Å². The van der Waals surface area contributed by atoms with Crippen LogP contribution in [0.25, 0.3) is 0 Å². The Morgan fingerprint density at radius 2 is 1.87 bits per heavy atom. The summed E-state index contributed by atoms with van der Waals surface area (Å²) in [5.41, 5.74) is 0. The summed E-state index contributed by atoms with van der Waals surface area (Å²) in [5.74, 6) is 0.572. The first-order valence-electron chi connectivity index (χ1n) is 6.57. The van der Waals surface area contributed by atoms with E-state index in [-0.39, 0.29) is 6.10 Å². The van der Waals surface area contributed by atoms with Gasteiger partial charge in [-0.3, -0.25) is 4.90 Å². The molecule has 0 aromatic rings. The Labute approximate surface area is 94.7 Å². The van der Waals surface area contributed by atoms with E-state index in [1.54, 1.807) is 0 Å². The van der Waals surface area contributed by atoms with Gasteiger partial charge in [0.2, 0.25) is 0 Å². The Morgan fingerprint density at radius 1 is 1.27 bits per heavy atom. The molecule has 90 valence electrons. The van der Waals surface area contributed by atoms with Crippen LogP contribution < -0.4 is 0 Å². The van der Waals surface area contributed by atoms with E-state index in [2.05, 4.69) is 25.7 Å². The standard InChI is InChI=1S/C13H27NO/c1-4-9-14(11(2)3)10-13(15)12-7-5-6-8-12/h11-13,15H,4-10H2,1-3H3. The minimum Gasteiger partial charge on any atom is -0.392 e. The van der Waals surface area contributed by atoms with E-state index in [1.807, 2.05) is 0 Å². The molecule has 1 atom stereocenters. The van der Waals surface area contributed by atoms with Crippen LogP contribution in [-0.2, 0) is 0 Å². The third-order valence-corrected chi connectivity index (χ3v) is 3.61. The summed E-state index contributed by atoms with van der Waals surface area (Å²) >= 11 is 0. The highest BCUT2D eigenvalue weighted by Gasteiger charge is 2.25. The summed E-state index contributed by atoms with van der Waals surface area (Å²) in [6, 6.07) is 0.556. The van der Waals surface area contributed by atoms with E-state index in [9.17, 15) is 5.11 Å². The number of aliphatic hydroxyl groups is 1. The van der Waals surface area contributed by atoms with Gasteiger partial charge in [0.05, 0.1) is 6.10 Å². The molecular weight excluding hydrogens is 186 g/mol. The Bertz CT molecular complexity index is 164. The molecule has 0 heterocycles. The highest BCUT2D eigenvalue weighted by atomic mass is 16.3. The summed E-state index contributed by atoms with van der Waals surface area (Å²) in [7, 11) is 0. The molecule has 0 radical (unpaired) electrons. The summed E-state index contributed by atoms with van der Waals surface area (Å²) in [5, 5.41) is 10.2. The topological polar surface area (TPSA) is 23.5 Å². The molecule has 0 aliphatic heterocycles. The average Bonchev–Trinajstić information content (AvgIpc) is 2.69. The Morgan fingerprint density at radius 3 is 2.33 bits per heavy atom. The van der Waals surface area contributed by atoms with E-state index in [4.69, 9.17) is 0 Å². The van der Waals surface area contributed by atoms with Crippen molar-refractivity contribution >= 4 is 0 Å². The predicted octanol–water partition coefficient (Wildman–Crippen LogP) is 2.66. The van der Waals surface area contributed by atoms with Crippen LogP contribution in [0.1, 0.15) is 52.9 Å².